The van der Waals surface area contributed by atoms with E-state index in [1.54, 1.807) is 14.2 Å². The van der Waals surface area contributed by atoms with Crippen LogP contribution in [0.4, 0.5) is 0 Å². The van der Waals surface area contributed by atoms with Crippen molar-refractivity contribution in [2.45, 2.75) is 39.7 Å². The van der Waals surface area contributed by atoms with Crippen molar-refractivity contribution in [2.75, 3.05) is 33.9 Å². The van der Waals surface area contributed by atoms with E-state index in [-0.39, 0.29) is 11.9 Å². The van der Waals surface area contributed by atoms with Gasteiger partial charge in [0.05, 0.1) is 20.3 Å². The third-order valence-electron chi connectivity index (χ3n) is 4.68. The second-order valence-corrected chi connectivity index (χ2v) is 7.49. The van der Waals surface area contributed by atoms with Gasteiger partial charge in [-0.25, -0.2) is 0 Å². The monoisotopic (exact) mass is 393 g/mol. The molecule has 0 spiro atoms. The van der Waals surface area contributed by atoms with Gasteiger partial charge in [0.1, 0.15) is 0 Å². The zero-order chi connectivity index (χ0) is 20.0. The minimum absolute atomic E-state index is 0.0452. The Labute approximate surface area is 167 Å². The summed E-state index contributed by atoms with van der Waals surface area (Å²) >= 11 is 5.59. The molecule has 2 rings (SSSR count). The Balaban J connectivity index is 2.33. The summed E-state index contributed by atoms with van der Waals surface area (Å²) in [7, 11) is 3.27. The number of benzene rings is 1. The number of nitrogens with one attached hydrogen (secondary N) is 2. The molecular formula is C20H31N3O3S. The lowest BCUT2D eigenvalue weighted by Gasteiger charge is -2.39. The van der Waals surface area contributed by atoms with Gasteiger partial charge in [-0.3, -0.25) is 4.79 Å². The highest BCUT2D eigenvalue weighted by Gasteiger charge is 2.30. The van der Waals surface area contributed by atoms with Crippen LogP contribution in [0.25, 0.3) is 0 Å². The molecule has 0 fully saturated rings. The maximum absolute atomic E-state index is 12.2. The first-order valence-corrected chi connectivity index (χ1v) is 9.88. The lowest BCUT2D eigenvalue weighted by molar-refractivity contribution is -0.122. The van der Waals surface area contributed by atoms with E-state index < -0.39 is 0 Å². The van der Waals surface area contributed by atoms with Gasteiger partial charge in [0.15, 0.2) is 16.6 Å². The predicted octanol–water partition coefficient (Wildman–Crippen LogP) is 2.66. The number of carbonyl (C=O) groups excluding carboxylic acids is 1. The zero-order valence-electron chi connectivity index (χ0n) is 16.9. The number of rotatable bonds is 7. The number of nitrogens with zero attached hydrogens (tertiary/aromatic N) is 1. The molecule has 1 amide bonds. The molecule has 7 heteroatoms. The molecule has 0 unspecified atom stereocenters. The molecule has 0 saturated heterocycles. The van der Waals surface area contributed by atoms with Crippen LogP contribution < -0.4 is 20.1 Å². The van der Waals surface area contributed by atoms with E-state index >= 15 is 0 Å². The molecule has 0 bridgehead atoms. The van der Waals surface area contributed by atoms with Crippen LogP contribution in [0, 0.1) is 5.92 Å². The van der Waals surface area contributed by atoms with E-state index in [9.17, 15) is 4.79 Å². The molecule has 1 heterocycles. The van der Waals surface area contributed by atoms with Crippen molar-refractivity contribution in [2.24, 2.45) is 5.92 Å². The molecule has 0 saturated carbocycles. The van der Waals surface area contributed by atoms with Crippen molar-refractivity contribution in [1.82, 2.24) is 15.5 Å². The van der Waals surface area contributed by atoms with Gasteiger partial charge in [0.25, 0.3) is 0 Å². The smallest absolute Gasteiger partial charge is 0.220 e. The third kappa shape index (κ3) is 5.25. The fourth-order valence-corrected chi connectivity index (χ4v) is 3.76. The Kier molecular flexibility index (Phi) is 7.71. The normalized spacial score (nSPS) is 15.9. The summed E-state index contributed by atoms with van der Waals surface area (Å²) in [4.78, 5) is 14.4. The van der Waals surface area contributed by atoms with Gasteiger partial charge in [-0.2, -0.15) is 0 Å². The summed E-state index contributed by atoms with van der Waals surface area (Å²) in [5, 5.41) is 7.02. The van der Waals surface area contributed by atoms with Crippen LogP contribution in [0.1, 0.15) is 44.4 Å². The molecule has 0 aliphatic carbocycles. The molecule has 6 nitrogen and oxygen atoms in total. The average Bonchev–Trinajstić information content (AvgIpc) is 2.64. The molecule has 1 aliphatic heterocycles. The highest BCUT2D eigenvalue weighted by Crippen LogP contribution is 2.38. The van der Waals surface area contributed by atoms with Gasteiger partial charge in [-0.15, -0.1) is 0 Å². The molecule has 2 N–H and O–H groups in total. The first-order valence-electron chi connectivity index (χ1n) is 9.47. The summed E-state index contributed by atoms with van der Waals surface area (Å²) in [6.45, 7) is 8.16. The Morgan fingerprint density at radius 1 is 1.26 bits per heavy atom. The van der Waals surface area contributed by atoms with Gasteiger partial charge in [-0.1, -0.05) is 13.8 Å². The summed E-state index contributed by atoms with van der Waals surface area (Å²) < 4.78 is 10.9. The van der Waals surface area contributed by atoms with E-state index in [0.29, 0.717) is 29.7 Å². The van der Waals surface area contributed by atoms with Crippen LogP contribution in [0.15, 0.2) is 12.1 Å². The standard InChI is InChI=1S/C20H31N3O3S/c1-6-21-20(27)23-8-7-14-10-17(25-4)18(26-5)11-15(14)16(23)12-22-19(24)9-13(2)3/h10-11,13,16H,6-9,12H2,1-5H3,(H,21,27)(H,22,24)/t16-/m1/s1. The molecule has 1 aromatic carbocycles. The van der Waals surface area contributed by atoms with Crippen molar-refractivity contribution in [3.63, 3.8) is 0 Å². The number of methoxy groups -OCH3 is 2. The van der Waals surface area contributed by atoms with Gasteiger partial charge in [-0.05, 0) is 54.7 Å². The fraction of sp³-hybridized carbons (Fsp3) is 0.600. The molecule has 0 aromatic heterocycles. The minimum Gasteiger partial charge on any atom is -0.493 e. The highest BCUT2D eigenvalue weighted by molar-refractivity contribution is 7.80. The van der Waals surface area contributed by atoms with E-state index in [2.05, 4.69) is 15.5 Å². The molecular weight excluding hydrogens is 362 g/mol. The molecule has 150 valence electrons. The number of fused-ring (bicyclic) bond motifs is 1. The fourth-order valence-electron chi connectivity index (χ4n) is 3.40. The maximum Gasteiger partial charge on any atom is 0.220 e. The second-order valence-electron chi connectivity index (χ2n) is 7.10. The molecule has 0 radical (unpaired) electrons. The summed E-state index contributed by atoms with van der Waals surface area (Å²) in [5.41, 5.74) is 2.32. The van der Waals surface area contributed by atoms with Gasteiger partial charge >= 0.3 is 0 Å². The van der Waals surface area contributed by atoms with Crippen LogP contribution in [0.2, 0.25) is 0 Å². The topological polar surface area (TPSA) is 62.8 Å². The maximum atomic E-state index is 12.2. The summed E-state index contributed by atoms with van der Waals surface area (Å²) in [6.07, 6.45) is 1.38. The number of hydrogen-bond donors (Lipinski definition) is 2. The van der Waals surface area contributed by atoms with Crippen molar-refractivity contribution < 1.29 is 14.3 Å². The summed E-state index contributed by atoms with van der Waals surface area (Å²) in [5.74, 6) is 1.80. The van der Waals surface area contributed by atoms with Crippen LogP contribution in [-0.2, 0) is 11.2 Å². The van der Waals surface area contributed by atoms with Crippen LogP contribution in [0.5, 0.6) is 11.5 Å². The number of carbonyl (C=O) groups is 1. The number of thiocarbonyl (C=S) groups is 1. The minimum atomic E-state index is -0.0452. The first kappa shape index (κ1) is 21.3. The number of amides is 1. The van der Waals surface area contributed by atoms with Gasteiger partial charge < -0.3 is 25.0 Å². The first-order chi connectivity index (χ1) is 12.9. The quantitative estimate of drug-likeness (QED) is 0.695. The predicted molar refractivity (Wildman–Crippen MR) is 111 cm³/mol. The Morgan fingerprint density at radius 3 is 2.52 bits per heavy atom. The van der Waals surface area contributed by atoms with Crippen LogP contribution in [-0.4, -0.2) is 49.8 Å². The zero-order valence-corrected chi connectivity index (χ0v) is 17.7. The second kappa shape index (κ2) is 9.78. The van der Waals surface area contributed by atoms with E-state index in [1.807, 2.05) is 32.9 Å². The van der Waals surface area contributed by atoms with Gasteiger partial charge in [0, 0.05) is 26.1 Å². The van der Waals surface area contributed by atoms with Crippen LogP contribution in [0.3, 0.4) is 0 Å². The Hall–Kier alpha value is -2.02. The van der Waals surface area contributed by atoms with Crippen LogP contribution >= 0.6 is 12.2 Å². The van der Waals surface area contributed by atoms with Crippen molar-refractivity contribution in [3.05, 3.63) is 23.3 Å². The number of hydrogen-bond acceptors (Lipinski definition) is 4. The Bertz CT molecular complexity index is 679. The van der Waals surface area contributed by atoms with E-state index in [0.717, 1.165) is 30.8 Å². The lowest BCUT2D eigenvalue weighted by atomic mass is 9.91. The largest absolute Gasteiger partial charge is 0.493 e. The third-order valence-corrected chi connectivity index (χ3v) is 5.06. The van der Waals surface area contributed by atoms with E-state index in [1.165, 1.54) is 5.56 Å². The lowest BCUT2D eigenvalue weighted by Crippen LogP contribution is -2.49. The van der Waals surface area contributed by atoms with Crippen molar-refractivity contribution in [3.8, 4) is 11.5 Å². The Morgan fingerprint density at radius 2 is 1.93 bits per heavy atom. The van der Waals surface area contributed by atoms with Crippen molar-refractivity contribution >= 4 is 23.2 Å². The van der Waals surface area contributed by atoms with E-state index in [4.69, 9.17) is 21.7 Å². The van der Waals surface area contributed by atoms with Crippen molar-refractivity contribution in [1.29, 1.82) is 0 Å². The molecule has 27 heavy (non-hydrogen) atoms. The molecule has 1 aliphatic rings. The SMILES string of the molecule is CCNC(=S)N1CCc2cc(OC)c(OC)cc2[C@H]1CNC(=O)CC(C)C. The average molecular weight is 394 g/mol. The van der Waals surface area contributed by atoms with Gasteiger partial charge in [0.2, 0.25) is 5.91 Å². The highest BCUT2D eigenvalue weighted by atomic mass is 32.1. The molecule has 1 aromatic rings. The molecule has 1 atom stereocenters. The summed E-state index contributed by atoms with van der Waals surface area (Å²) in [6, 6.07) is 4.00. The number of ether oxygens (including phenoxy) is 2.